The van der Waals surface area contributed by atoms with Crippen molar-refractivity contribution in [3.63, 3.8) is 0 Å². The number of hydrogen-bond acceptors (Lipinski definition) is 3. The number of benzene rings is 2. The van der Waals surface area contributed by atoms with Gasteiger partial charge in [0.05, 0.1) is 28.2 Å². The van der Waals surface area contributed by atoms with Crippen LogP contribution in [0.25, 0.3) is 5.69 Å². The van der Waals surface area contributed by atoms with Crippen LogP contribution in [0.15, 0.2) is 66.7 Å². The Morgan fingerprint density at radius 1 is 1.00 bits per heavy atom. The van der Waals surface area contributed by atoms with Crippen LogP contribution in [0.4, 0.5) is 11.4 Å². The number of carbonyl (C=O) groups excluding carboxylic acids is 2. The van der Waals surface area contributed by atoms with Crippen molar-refractivity contribution in [2.24, 2.45) is 17.3 Å². The summed E-state index contributed by atoms with van der Waals surface area (Å²) in [5, 5.41) is 10.6. The molecule has 0 radical (unpaired) electrons. The topological polar surface area (TPSA) is 76.0 Å². The molecule has 6 heteroatoms. The Morgan fingerprint density at radius 3 is 2.36 bits per heavy atom. The third-order valence-electron chi connectivity index (χ3n) is 7.13. The zero-order valence-electron chi connectivity index (χ0n) is 19.1. The SMILES string of the molecule is Cc1nn(-c2ccccc2)c(C)c1NC(=O)c1ccc(NC(=O)[C@]2(C)C[C@H]3C=C[C@H]2C3)cc1. The molecule has 3 aromatic rings. The van der Waals surface area contributed by atoms with Gasteiger partial charge in [-0.3, -0.25) is 9.59 Å². The Kier molecular flexibility index (Phi) is 5.16. The molecule has 1 fully saturated rings. The Hall–Kier alpha value is -3.67. The number of para-hydroxylation sites is 1. The van der Waals surface area contributed by atoms with Crippen molar-refractivity contribution in [2.45, 2.75) is 33.6 Å². The molecular weight excluding hydrogens is 412 g/mol. The van der Waals surface area contributed by atoms with Gasteiger partial charge in [0.1, 0.15) is 0 Å². The zero-order valence-corrected chi connectivity index (χ0v) is 19.1. The molecule has 6 nitrogen and oxygen atoms in total. The lowest BCUT2D eigenvalue weighted by molar-refractivity contribution is -0.126. The van der Waals surface area contributed by atoms with E-state index in [-0.39, 0.29) is 17.2 Å². The Labute approximate surface area is 193 Å². The molecule has 1 saturated carbocycles. The molecule has 3 atom stereocenters. The lowest BCUT2D eigenvalue weighted by Gasteiger charge is -2.29. The van der Waals surface area contributed by atoms with Crippen molar-refractivity contribution in [3.8, 4) is 5.69 Å². The van der Waals surface area contributed by atoms with Crippen LogP contribution in [-0.2, 0) is 4.79 Å². The van der Waals surface area contributed by atoms with Gasteiger partial charge in [0.25, 0.3) is 5.91 Å². The summed E-state index contributed by atoms with van der Waals surface area (Å²) < 4.78 is 1.83. The number of rotatable bonds is 5. The number of nitrogens with zero attached hydrogens (tertiary/aromatic N) is 2. The lowest BCUT2D eigenvalue weighted by atomic mass is 9.77. The second-order valence-electron chi connectivity index (χ2n) is 9.39. The van der Waals surface area contributed by atoms with Crippen LogP contribution in [0.5, 0.6) is 0 Å². The molecule has 0 spiro atoms. The summed E-state index contributed by atoms with van der Waals surface area (Å²) in [7, 11) is 0. The maximum Gasteiger partial charge on any atom is 0.255 e. The smallest absolute Gasteiger partial charge is 0.255 e. The monoisotopic (exact) mass is 440 g/mol. The summed E-state index contributed by atoms with van der Waals surface area (Å²) in [6, 6.07) is 16.9. The molecule has 2 N–H and O–H groups in total. The predicted molar refractivity (Wildman–Crippen MR) is 130 cm³/mol. The third kappa shape index (κ3) is 3.75. The van der Waals surface area contributed by atoms with Gasteiger partial charge in [-0.25, -0.2) is 4.68 Å². The Morgan fingerprint density at radius 2 is 1.73 bits per heavy atom. The number of anilines is 2. The summed E-state index contributed by atoms with van der Waals surface area (Å²) in [6.07, 6.45) is 6.39. The highest BCUT2D eigenvalue weighted by Crippen LogP contribution is 2.52. The molecule has 168 valence electrons. The van der Waals surface area contributed by atoms with Crippen molar-refractivity contribution in [1.82, 2.24) is 9.78 Å². The van der Waals surface area contributed by atoms with Gasteiger partial charge in [-0.2, -0.15) is 5.10 Å². The summed E-state index contributed by atoms with van der Waals surface area (Å²) in [6.45, 7) is 5.87. The normalized spacial score (nSPS) is 23.0. The van der Waals surface area contributed by atoms with E-state index >= 15 is 0 Å². The number of aryl methyl sites for hydroxylation is 1. The number of carbonyl (C=O) groups is 2. The second kappa shape index (κ2) is 8.03. The van der Waals surface area contributed by atoms with Crippen molar-refractivity contribution in [2.75, 3.05) is 10.6 Å². The van der Waals surface area contributed by atoms with E-state index in [0.29, 0.717) is 28.8 Å². The van der Waals surface area contributed by atoms with Crippen LogP contribution < -0.4 is 10.6 Å². The van der Waals surface area contributed by atoms with Crippen LogP contribution in [0.3, 0.4) is 0 Å². The highest BCUT2D eigenvalue weighted by molar-refractivity contribution is 6.05. The van der Waals surface area contributed by atoms with Gasteiger partial charge in [-0.1, -0.05) is 37.3 Å². The van der Waals surface area contributed by atoms with E-state index in [1.807, 2.05) is 48.9 Å². The average molecular weight is 441 g/mol. The highest BCUT2D eigenvalue weighted by atomic mass is 16.2. The molecule has 5 rings (SSSR count). The number of amides is 2. The largest absolute Gasteiger partial charge is 0.326 e. The molecule has 0 unspecified atom stereocenters. The molecule has 0 saturated heterocycles. The summed E-state index contributed by atoms with van der Waals surface area (Å²) in [5.41, 5.74) is 4.13. The fourth-order valence-electron chi connectivity index (χ4n) is 5.16. The zero-order chi connectivity index (χ0) is 23.2. The van der Waals surface area contributed by atoms with Gasteiger partial charge in [-0.05, 0) is 74.9 Å². The van der Waals surface area contributed by atoms with E-state index in [9.17, 15) is 9.59 Å². The first-order chi connectivity index (χ1) is 15.8. The van der Waals surface area contributed by atoms with Crippen molar-refractivity contribution in [3.05, 3.63) is 83.7 Å². The number of allylic oxidation sites excluding steroid dienone is 2. The summed E-state index contributed by atoms with van der Waals surface area (Å²) in [5.74, 6) is 0.679. The van der Waals surface area contributed by atoms with Crippen LogP contribution in [0, 0.1) is 31.1 Å². The predicted octanol–water partition coefficient (Wildman–Crippen LogP) is 5.28. The van der Waals surface area contributed by atoms with E-state index < -0.39 is 0 Å². The molecule has 1 heterocycles. The fraction of sp³-hybridized carbons (Fsp3) is 0.296. The van der Waals surface area contributed by atoms with E-state index in [1.165, 1.54) is 0 Å². The Balaban J connectivity index is 1.27. The molecule has 2 aliphatic carbocycles. The highest BCUT2D eigenvalue weighted by Gasteiger charge is 2.49. The minimum atomic E-state index is -0.358. The van der Waals surface area contributed by atoms with Crippen molar-refractivity contribution < 1.29 is 9.59 Å². The molecule has 2 aliphatic rings. The van der Waals surface area contributed by atoms with Crippen LogP contribution in [-0.4, -0.2) is 21.6 Å². The quantitative estimate of drug-likeness (QED) is 0.530. The van der Waals surface area contributed by atoms with E-state index in [2.05, 4.69) is 34.8 Å². The maximum absolute atomic E-state index is 12.9. The van der Waals surface area contributed by atoms with Gasteiger partial charge in [0.2, 0.25) is 5.91 Å². The number of nitrogens with one attached hydrogen (secondary N) is 2. The summed E-state index contributed by atoms with van der Waals surface area (Å²) >= 11 is 0. The van der Waals surface area contributed by atoms with Crippen molar-refractivity contribution in [1.29, 1.82) is 0 Å². The van der Waals surface area contributed by atoms with Gasteiger partial charge in [0.15, 0.2) is 0 Å². The van der Waals surface area contributed by atoms with Gasteiger partial charge in [0, 0.05) is 11.3 Å². The minimum absolute atomic E-state index is 0.0520. The van der Waals surface area contributed by atoms with E-state index in [1.54, 1.807) is 24.3 Å². The number of hydrogen-bond donors (Lipinski definition) is 2. The third-order valence-corrected chi connectivity index (χ3v) is 7.13. The van der Waals surface area contributed by atoms with Crippen LogP contribution in [0.2, 0.25) is 0 Å². The minimum Gasteiger partial charge on any atom is -0.326 e. The molecule has 2 amide bonds. The second-order valence-corrected chi connectivity index (χ2v) is 9.39. The number of fused-ring (bicyclic) bond motifs is 2. The first-order valence-electron chi connectivity index (χ1n) is 11.4. The fourth-order valence-corrected chi connectivity index (χ4v) is 5.16. The van der Waals surface area contributed by atoms with Gasteiger partial charge >= 0.3 is 0 Å². The maximum atomic E-state index is 12.9. The first-order valence-corrected chi connectivity index (χ1v) is 11.4. The summed E-state index contributed by atoms with van der Waals surface area (Å²) in [4.78, 5) is 25.8. The molecule has 2 aromatic carbocycles. The molecule has 2 bridgehead atoms. The van der Waals surface area contributed by atoms with Crippen molar-refractivity contribution >= 4 is 23.2 Å². The number of aromatic nitrogens is 2. The van der Waals surface area contributed by atoms with E-state index in [0.717, 1.165) is 29.9 Å². The molecular formula is C27H28N4O2. The first kappa shape index (κ1) is 21.2. The molecule has 0 aliphatic heterocycles. The molecule has 33 heavy (non-hydrogen) atoms. The van der Waals surface area contributed by atoms with E-state index in [4.69, 9.17) is 0 Å². The average Bonchev–Trinajstić information content (AvgIpc) is 3.50. The van der Waals surface area contributed by atoms with Gasteiger partial charge in [-0.15, -0.1) is 0 Å². The Bertz CT molecular complexity index is 1240. The van der Waals surface area contributed by atoms with Crippen LogP contribution in [0.1, 0.15) is 41.5 Å². The molecule has 1 aromatic heterocycles. The standard InChI is InChI=1S/C27H28N4O2/c1-17-24(18(2)31(30-17)23-7-5-4-6-8-23)29-25(32)20-10-13-22(14-11-20)28-26(33)27(3)16-19-9-12-21(27)15-19/h4-14,19,21H,15-16H2,1-3H3,(H,28,33)(H,29,32)/t19-,21-,27+/m0/s1. The van der Waals surface area contributed by atoms with Gasteiger partial charge < -0.3 is 10.6 Å². The lowest BCUT2D eigenvalue weighted by Crippen LogP contribution is -2.36. The van der Waals surface area contributed by atoms with Crippen LogP contribution >= 0.6 is 0 Å².